The van der Waals surface area contributed by atoms with Crippen molar-refractivity contribution in [3.05, 3.63) is 35.4 Å². The van der Waals surface area contributed by atoms with Crippen LogP contribution in [0.4, 0.5) is 0 Å². The normalized spacial score (nSPS) is 20.8. The molecule has 0 aromatic heterocycles. The molecule has 0 aliphatic carbocycles. The molecule has 112 valence electrons. The number of nitrogens with one attached hydrogen (secondary N) is 1. The molecule has 1 fully saturated rings. The fourth-order valence-corrected chi connectivity index (χ4v) is 3.00. The number of aryl methyl sites for hydroxylation is 1. The molecule has 1 N–H and O–H groups in total. The number of benzene rings is 1. The lowest BCUT2D eigenvalue weighted by molar-refractivity contribution is 0.00861. The summed E-state index contributed by atoms with van der Waals surface area (Å²) in [5, 5.41) is 3.63. The van der Waals surface area contributed by atoms with E-state index in [-0.39, 0.29) is 0 Å². The quantitative estimate of drug-likeness (QED) is 0.815. The molecule has 0 spiro atoms. The van der Waals surface area contributed by atoms with Gasteiger partial charge < -0.3 is 10.1 Å². The zero-order chi connectivity index (χ0) is 14.2. The van der Waals surface area contributed by atoms with Crippen molar-refractivity contribution >= 4 is 0 Å². The Hall–Kier alpha value is -0.860. The second kappa shape index (κ2) is 8.43. The first-order valence-electron chi connectivity index (χ1n) is 8.18. The van der Waals surface area contributed by atoms with Gasteiger partial charge in [0.25, 0.3) is 0 Å². The SMILES string of the molecule is CCNC(CCC1CCCCO1)Cc1ccc(C)cc1. The number of hydrogen-bond donors (Lipinski definition) is 1. The van der Waals surface area contributed by atoms with Crippen LogP contribution in [0.2, 0.25) is 0 Å². The van der Waals surface area contributed by atoms with Gasteiger partial charge in [0.1, 0.15) is 0 Å². The van der Waals surface area contributed by atoms with Crippen molar-refractivity contribution in [1.82, 2.24) is 5.32 Å². The van der Waals surface area contributed by atoms with Gasteiger partial charge in [0.15, 0.2) is 0 Å². The van der Waals surface area contributed by atoms with Gasteiger partial charge in [-0.25, -0.2) is 0 Å². The van der Waals surface area contributed by atoms with Crippen LogP contribution in [0.1, 0.15) is 50.2 Å². The van der Waals surface area contributed by atoms with Crippen molar-refractivity contribution in [1.29, 1.82) is 0 Å². The van der Waals surface area contributed by atoms with E-state index < -0.39 is 0 Å². The molecule has 2 unspecified atom stereocenters. The van der Waals surface area contributed by atoms with Crippen LogP contribution in [-0.2, 0) is 11.2 Å². The van der Waals surface area contributed by atoms with Crippen LogP contribution < -0.4 is 5.32 Å². The molecule has 1 saturated heterocycles. The molecule has 2 atom stereocenters. The van der Waals surface area contributed by atoms with Crippen LogP contribution in [0.15, 0.2) is 24.3 Å². The predicted molar refractivity (Wildman–Crippen MR) is 85.2 cm³/mol. The number of hydrogen-bond acceptors (Lipinski definition) is 2. The first-order chi connectivity index (χ1) is 9.78. The van der Waals surface area contributed by atoms with Crippen molar-refractivity contribution < 1.29 is 4.74 Å². The molecule has 1 aromatic rings. The average molecular weight is 275 g/mol. The summed E-state index contributed by atoms with van der Waals surface area (Å²) in [6.45, 7) is 6.35. The van der Waals surface area contributed by atoms with Crippen molar-refractivity contribution in [2.75, 3.05) is 13.2 Å². The maximum atomic E-state index is 5.84. The zero-order valence-electron chi connectivity index (χ0n) is 13.0. The Bertz CT molecular complexity index is 368. The van der Waals surface area contributed by atoms with Crippen LogP contribution >= 0.6 is 0 Å². The van der Waals surface area contributed by atoms with Gasteiger partial charge in [-0.3, -0.25) is 0 Å². The van der Waals surface area contributed by atoms with Gasteiger partial charge in [-0.05, 0) is 57.6 Å². The van der Waals surface area contributed by atoms with Gasteiger partial charge in [-0.2, -0.15) is 0 Å². The average Bonchev–Trinajstić information content (AvgIpc) is 2.48. The molecule has 0 bridgehead atoms. The maximum Gasteiger partial charge on any atom is 0.0575 e. The highest BCUT2D eigenvalue weighted by Gasteiger charge is 2.16. The molecule has 20 heavy (non-hydrogen) atoms. The monoisotopic (exact) mass is 275 g/mol. The number of ether oxygens (including phenoxy) is 1. The molecule has 2 rings (SSSR count). The Kier molecular flexibility index (Phi) is 6.55. The highest BCUT2D eigenvalue weighted by molar-refractivity contribution is 5.22. The summed E-state index contributed by atoms with van der Waals surface area (Å²) in [7, 11) is 0. The third-order valence-corrected chi connectivity index (χ3v) is 4.21. The molecule has 0 amide bonds. The summed E-state index contributed by atoms with van der Waals surface area (Å²) >= 11 is 0. The molecule has 0 radical (unpaired) electrons. The lowest BCUT2D eigenvalue weighted by Crippen LogP contribution is -2.32. The summed E-state index contributed by atoms with van der Waals surface area (Å²) in [5.74, 6) is 0. The Morgan fingerprint density at radius 2 is 2.05 bits per heavy atom. The summed E-state index contributed by atoms with van der Waals surface area (Å²) < 4.78 is 5.84. The van der Waals surface area contributed by atoms with E-state index in [4.69, 9.17) is 4.74 Å². The minimum absolute atomic E-state index is 0.503. The maximum absolute atomic E-state index is 5.84. The minimum Gasteiger partial charge on any atom is -0.378 e. The van der Waals surface area contributed by atoms with Crippen molar-refractivity contribution in [2.24, 2.45) is 0 Å². The lowest BCUT2D eigenvalue weighted by Gasteiger charge is -2.25. The van der Waals surface area contributed by atoms with Crippen molar-refractivity contribution in [3.63, 3.8) is 0 Å². The molecule has 1 heterocycles. The van der Waals surface area contributed by atoms with E-state index in [1.54, 1.807) is 0 Å². The standard InChI is InChI=1S/C18H29NO/c1-3-19-17(11-12-18-6-4-5-13-20-18)14-16-9-7-15(2)8-10-16/h7-10,17-19H,3-6,11-14H2,1-2H3. The summed E-state index contributed by atoms with van der Waals surface area (Å²) in [6.07, 6.45) is 7.88. The van der Waals surface area contributed by atoms with Crippen molar-refractivity contribution in [3.8, 4) is 0 Å². The van der Waals surface area contributed by atoms with Crippen LogP contribution in [0.25, 0.3) is 0 Å². The Morgan fingerprint density at radius 3 is 2.70 bits per heavy atom. The highest BCUT2D eigenvalue weighted by Crippen LogP contribution is 2.19. The predicted octanol–water partition coefficient (Wildman–Crippen LogP) is 3.86. The fourth-order valence-electron chi connectivity index (χ4n) is 3.00. The third kappa shape index (κ3) is 5.26. The molecule has 1 aliphatic heterocycles. The first kappa shape index (κ1) is 15.5. The van der Waals surface area contributed by atoms with Gasteiger partial charge in [0.05, 0.1) is 6.10 Å². The molecular formula is C18H29NO. The van der Waals surface area contributed by atoms with Gasteiger partial charge >= 0.3 is 0 Å². The third-order valence-electron chi connectivity index (χ3n) is 4.21. The second-order valence-corrected chi connectivity index (χ2v) is 6.01. The highest BCUT2D eigenvalue weighted by atomic mass is 16.5. The molecule has 1 aromatic carbocycles. The molecule has 2 heteroatoms. The van der Waals surface area contributed by atoms with Crippen molar-refractivity contribution in [2.45, 2.75) is 64.5 Å². The Balaban J connectivity index is 1.81. The molecule has 1 aliphatic rings. The van der Waals surface area contributed by atoms with E-state index in [0.29, 0.717) is 12.1 Å². The van der Waals surface area contributed by atoms with E-state index in [1.165, 1.54) is 43.2 Å². The van der Waals surface area contributed by atoms with Gasteiger partial charge in [-0.15, -0.1) is 0 Å². The largest absolute Gasteiger partial charge is 0.378 e. The Labute approximate surface area is 123 Å². The lowest BCUT2D eigenvalue weighted by atomic mass is 9.97. The Morgan fingerprint density at radius 1 is 1.25 bits per heavy atom. The van der Waals surface area contributed by atoms with Gasteiger partial charge in [-0.1, -0.05) is 36.8 Å². The van der Waals surface area contributed by atoms with E-state index in [9.17, 15) is 0 Å². The first-order valence-corrected chi connectivity index (χ1v) is 8.18. The molecule has 2 nitrogen and oxygen atoms in total. The molecular weight excluding hydrogens is 246 g/mol. The van der Waals surface area contributed by atoms with Gasteiger partial charge in [0, 0.05) is 12.6 Å². The molecule has 0 saturated carbocycles. The van der Waals surface area contributed by atoms with E-state index >= 15 is 0 Å². The van der Waals surface area contributed by atoms with E-state index in [0.717, 1.165) is 19.6 Å². The van der Waals surface area contributed by atoms with E-state index in [2.05, 4.69) is 43.4 Å². The summed E-state index contributed by atoms with van der Waals surface area (Å²) in [4.78, 5) is 0. The number of rotatable bonds is 7. The topological polar surface area (TPSA) is 21.3 Å². The number of likely N-dealkylation sites (N-methyl/N-ethyl adjacent to an activating group) is 1. The van der Waals surface area contributed by atoms with Crippen LogP contribution in [0.5, 0.6) is 0 Å². The fraction of sp³-hybridized carbons (Fsp3) is 0.667. The second-order valence-electron chi connectivity index (χ2n) is 6.01. The smallest absolute Gasteiger partial charge is 0.0575 e. The van der Waals surface area contributed by atoms with Gasteiger partial charge in [0.2, 0.25) is 0 Å². The van der Waals surface area contributed by atoms with Crippen LogP contribution in [-0.4, -0.2) is 25.3 Å². The summed E-state index contributed by atoms with van der Waals surface area (Å²) in [5.41, 5.74) is 2.77. The van der Waals surface area contributed by atoms with Crippen LogP contribution in [0.3, 0.4) is 0 Å². The minimum atomic E-state index is 0.503. The zero-order valence-corrected chi connectivity index (χ0v) is 13.0. The van der Waals surface area contributed by atoms with Crippen LogP contribution in [0, 0.1) is 6.92 Å². The van der Waals surface area contributed by atoms with E-state index in [1.807, 2.05) is 0 Å². The summed E-state index contributed by atoms with van der Waals surface area (Å²) in [6, 6.07) is 9.52.